The molecule has 0 radical (unpaired) electrons. The van der Waals surface area contributed by atoms with Crippen molar-refractivity contribution < 1.29 is 0 Å². The lowest BCUT2D eigenvalue weighted by molar-refractivity contribution is 0.236. The van der Waals surface area contributed by atoms with Crippen molar-refractivity contribution in [2.45, 2.75) is 19.5 Å². The van der Waals surface area contributed by atoms with Gasteiger partial charge in [-0.15, -0.1) is 0 Å². The zero-order valence-corrected chi connectivity index (χ0v) is 15.8. The molecular weight excluding hydrogens is 364 g/mol. The summed E-state index contributed by atoms with van der Waals surface area (Å²) in [6, 6.07) is 13.7. The highest BCUT2D eigenvalue weighted by molar-refractivity contribution is 5.49. The largest absolute Gasteiger partial charge is 0.318 e. The number of fused-ring (bicyclic) bond motifs is 1. The molecule has 0 unspecified atom stereocenters. The van der Waals surface area contributed by atoms with E-state index in [1.54, 1.807) is 12.4 Å². The Morgan fingerprint density at radius 3 is 2.86 bits per heavy atom. The van der Waals surface area contributed by atoms with Crippen molar-refractivity contribution in [1.82, 2.24) is 29.4 Å². The van der Waals surface area contributed by atoms with Gasteiger partial charge in [0.05, 0.1) is 17.6 Å². The van der Waals surface area contributed by atoms with Crippen LogP contribution >= 0.6 is 0 Å². The predicted molar refractivity (Wildman–Crippen MR) is 109 cm³/mol. The van der Waals surface area contributed by atoms with Crippen LogP contribution in [-0.4, -0.2) is 35.9 Å². The van der Waals surface area contributed by atoms with Crippen molar-refractivity contribution in [3.8, 4) is 17.2 Å². The van der Waals surface area contributed by atoms with Gasteiger partial charge in [-0.25, -0.2) is 4.98 Å². The van der Waals surface area contributed by atoms with E-state index in [2.05, 4.69) is 30.5 Å². The van der Waals surface area contributed by atoms with E-state index in [1.807, 2.05) is 48.8 Å². The predicted octanol–water partition coefficient (Wildman–Crippen LogP) is 2.58. The Hall–Kier alpha value is -3.58. The van der Waals surface area contributed by atoms with E-state index < -0.39 is 0 Å². The Balaban J connectivity index is 1.41. The maximum absolute atomic E-state index is 12.6. The Morgan fingerprint density at radius 1 is 1.07 bits per heavy atom. The molecule has 7 nitrogen and oxygen atoms in total. The number of nitrogens with zero attached hydrogens (tertiary/aromatic N) is 5. The van der Waals surface area contributed by atoms with Crippen LogP contribution in [0, 0.1) is 0 Å². The number of rotatable bonds is 4. The maximum atomic E-state index is 12.6. The summed E-state index contributed by atoms with van der Waals surface area (Å²) in [4.78, 5) is 31.0. The quantitative estimate of drug-likeness (QED) is 0.585. The van der Waals surface area contributed by atoms with Crippen LogP contribution in [0.3, 0.4) is 0 Å². The molecule has 0 amide bonds. The molecule has 0 saturated carbocycles. The smallest absolute Gasteiger partial charge is 0.254 e. The van der Waals surface area contributed by atoms with Crippen molar-refractivity contribution in [2.75, 3.05) is 6.54 Å². The third-order valence-corrected chi connectivity index (χ3v) is 5.20. The molecule has 5 heterocycles. The fraction of sp³-hybridized carbons (Fsp3) is 0.182. The van der Waals surface area contributed by atoms with Gasteiger partial charge in [0.1, 0.15) is 5.69 Å². The Labute approximate surface area is 167 Å². The lowest BCUT2D eigenvalue weighted by atomic mass is 10.1. The summed E-state index contributed by atoms with van der Waals surface area (Å²) in [6.45, 7) is 2.23. The van der Waals surface area contributed by atoms with E-state index in [1.165, 1.54) is 5.69 Å². The lowest BCUT2D eigenvalue weighted by Crippen LogP contribution is -2.35. The molecule has 0 saturated heterocycles. The number of aromatic amines is 1. The van der Waals surface area contributed by atoms with Gasteiger partial charge in [-0.3, -0.25) is 19.7 Å². The van der Waals surface area contributed by atoms with Gasteiger partial charge in [0, 0.05) is 49.5 Å². The van der Waals surface area contributed by atoms with E-state index >= 15 is 0 Å². The highest BCUT2D eigenvalue weighted by Gasteiger charge is 2.22. The molecule has 0 atom stereocenters. The molecule has 0 aromatic carbocycles. The van der Waals surface area contributed by atoms with Gasteiger partial charge in [-0.2, -0.15) is 0 Å². The van der Waals surface area contributed by atoms with Gasteiger partial charge in [-0.05, 0) is 42.8 Å². The number of aromatic nitrogens is 5. The normalized spacial score (nSPS) is 13.9. The van der Waals surface area contributed by atoms with Crippen LogP contribution in [0.15, 0.2) is 72.0 Å². The number of H-pyrrole nitrogens is 1. The van der Waals surface area contributed by atoms with Crippen molar-refractivity contribution in [2.24, 2.45) is 0 Å². The fourth-order valence-electron chi connectivity index (χ4n) is 3.78. The van der Waals surface area contributed by atoms with Crippen LogP contribution in [-0.2, 0) is 19.5 Å². The Bertz CT molecular complexity index is 1180. The summed E-state index contributed by atoms with van der Waals surface area (Å²) in [5, 5.41) is 0. The average Bonchev–Trinajstić information content (AvgIpc) is 3.23. The van der Waals surface area contributed by atoms with Crippen molar-refractivity contribution >= 4 is 0 Å². The van der Waals surface area contributed by atoms with Crippen LogP contribution in [0.2, 0.25) is 0 Å². The Morgan fingerprint density at radius 2 is 2.03 bits per heavy atom. The van der Waals surface area contributed by atoms with Crippen molar-refractivity contribution in [3.05, 3.63) is 94.6 Å². The molecule has 1 aliphatic rings. The minimum absolute atomic E-state index is 0.0611. The number of nitrogens with one attached hydrogen (secondary N) is 1. The molecular formula is C22H20N6O. The molecule has 0 spiro atoms. The summed E-state index contributed by atoms with van der Waals surface area (Å²) in [5.41, 5.74) is 4.45. The van der Waals surface area contributed by atoms with Crippen LogP contribution in [0.25, 0.3) is 17.2 Å². The van der Waals surface area contributed by atoms with E-state index in [-0.39, 0.29) is 5.56 Å². The summed E-state index contributed by atoms with van der Waals surface area (Å²) in [6.07, 6.45) is 8.07. The van der Waals surface area contributed by atoms with E-state index in [4.69, 9.17) is 4.98 Å². The third-order valence-electron chi connectivity index (χ3n) is 5.20. The van der Waals surface area contributed by atoms with Gasteiger partial charge < -0.3 is 9.55 Å². The van der Waals surface area contributed by atoms with Crippen molar-refractivity contribution in [3.63, 3.8) is 0 Å². The summed E-state index contributed by atoms with van der Waals surface area (Å²) < 4.78 is 2.15. The van der Waals surface area contributed by atoms with Gasteiger partial charge in [-0.1, -0.05) is 6.07 Å². The second-order valence-electron chi connectivity index (χ2n) is 7.10. The minimum Gasteiger partial charge on any atom is -0.318 e. The molecule has 0 aliphatic carbocycles. The first-order valence-electron chi connectivity index (χ1n) is 9.60. The lowest BCUT2D eigenvalue weighted by Gasteiger charge is -2.28. The minimum atomic E-state index is -0.0611. The van der Waals surface area contributed by atoms with Gasteiger partial charge in [0.2, 0.25) is 0 Å². The summed E-state index contributed by atoms with van der Waals surface area (Å²) in [5.74, 6) is 0.523. The number of hydrogen-bond donors (Lipinski definition) is 1. The highest BCUT2D eigenvalue weighted by atomic mass is 16.1. The number of hydrogen-bond acceptors (Lipinski definition) is 5. The maximum Gasteiger partial charge on any atom is 0.254 e. The zero-order valence-electron chi connectivity index (χ0n) is 15.8. The average molecular weight is 384 g/mol. The van der Waals surface area contributed by atoms with Crippen LogP contribution in [0.1, 0.15) is 17.0 Å². The van der Waals surface area contributed by atoms with Crippen LogP contribution in [0.5, 0.6) is 0 Å². The van der Waals surface area contributed by atoms with Crippen LogP contribution in [0.4, 0.5) is 0 Å². The van der Waals surface area contributed by atoms with Crippen LogP contribution < -0.4 is 5.56 Å². The van der Waals surface area contributed by atoms with E-state index in [0.717, 1.165) is 30.0 Å². The van der Waals surface area contributed by atoms with E-state index in [9.17, 15) is 4.79 Å². The topological polar surface area (TPSA) is 79.7 Å². The first-order valence-corrected chi connectivity index (χ1v) is 9.60. The van der Waals surface area contributed by atoms with Gasteiger partial charge in [0.25, 0.3) is 5.56 Å². The van der Waals surface area contributed by atoms with E-state index in [0.29, 0.717) is 24.5 Å². The molecule has 144 valence electrons. The number of pyridine rings is 2. The Kier molecular flexibility index (Phi) is 4.50. The molecule has 5 rings (SSSR count). The molecule has 0 bridgehead atoms. The molecule has 7 heteroatoms. The second-order valence-corrected chi connectivity index (χ2v) is 7.10. The molecule has 0 fully saturated rings. The van der Waals surface area contributed by atoms with Gasteiger partial charge >= 0.3 is 0 Å². The zero-order chi connectivity index (χ0) is 19.6. The molecule has 4 aromatic heterocycles. The molecule has 29 heavy (non-hydrogen) atoms. The first-order chi connectivity index (χ1) is 14.3. The molecule has 1 N–H and O–H groups in total. The SMILES string of the molecule is O=c1[nH]c(-c2ccccn2)nc2c1CCN(Cc1cccn1-c1cccnc1)C2. The van der Waals surface area contributed by atoms with Gasteiger partial charge in [0.15, 0.2) is 5.82 Å². The fourth-order valence-corrected chi connectivity index (χ4v) is 3.78. The summed E-state index contributed by atoms with van der Waals surface area (Å²) in [7, 11) is 0. The molecule has 4 aromatic rings. The molecule has 1 aliphatic heterocycles. The highest BCUT2D eigenvalue weighted by Crippen LogP contribution is 2.20. The monoisotopic (exact) mass is 384 g/mol. The first kappa shape index (κ1) is 17.5. The second kappa shape index (κ2) is 7.44. The third kappa shape index (κ3) is 3.48. The van der Waals surface area contributed by atoms with Crippen molar-refractivity contribution in [1.29, 1.82) is 0 Å². The standard InChI is InChI=1S/C22H20N6O/c29-22-18-8-12-27(14-17-6-4-11-28(17)16-5-3-9-23-13-16)15-20(18)25-21(26-22)19-7-1-2-10-24-19/h1-7,9-11,13H,8,12,14-15H2,(H,25,26,29). The summed E-state index contributed by atoms with van der Waals surface area (Å²) >= 11 is 0.